The lowest BCUT2D eigenvalue weighted by Crippen LogP contribution is -2.46. The monoisotopic (exact) mass is 393 g/mol. The molecule has 0 amide bonds. The maximum atomic E-state index is 5.22. The summed E-state index contributed by atoms with van der Waals surface area (Å²) in [5, 5.41) is 1.21. The minimum Gasteiger partial charge on any atom is -0.353 e. The molecule has 0 spiro atoms. The second-order valence-electron chi connectivity index (χ2n) is 7.86. The zero-order chi connectivity index (χ0) is 20.3. The predicted molar refractivity (Wildman–Crippen MR) is 127 cm³/mol. The van der Waals surface area contributed by atoms with Gasteiger partial charge in [-0.1, -0.05) is 85.8 Å². The van der Waals surface area contributed by atoms with Crippen molar-refractivity contribution in [3.05, 3.63) is 84.9 Å². The van der Waals surface area contributed by atoms with E-state index in [1.54, 1.807) is 0 Å². The number of piperazine rings is 1. The SMILES string of the molecule is CCN1CCN(c2nc3ccccc3c(-c3ccccc3)c2-c2ccccc2)CC1. The lowest BCUT2D eigenvalue weighted by atomic mass is 9.91. The Morgan fingerprint density at radius 2 is 1.23 bits per heavy atom. The van der Waals surface area contributed by atoms with E-state index in [0.717, 1.165) is 44.1 Å². The number of anilines is 1. The number of fused-ring (bicyclic) bond motifs is 1. The Hall–Kier alpha value is -3.17. The molecule has 3 aromatic carbocycles. The van der Waals surface area contributed by atoms with Gasteiger partial charge in [0.25, 0.3) is 0 Å². The summed E-state index contributed by atoms with van der Waals surface area (Å²) in [6, 6.07) is 30.1. The number of hydrogen-bond donors (Lipinski definition) is 0. The average Bonchev–Trinajstić information content (AvgIpc) is 2.84. The van der Waals surface area contributed by atoms with E-state index in [4.69, 9.17) is 4.98 Å². The van der Waals surface area contributed by atoms with Crippen molar-refractivity contribution in [2.24, 2.45) is 0 Å². The number of para-hydroxylation sites is 1. The second kappa shape index (κ2) is 8.29. The van der Waals surface area contributed by atoms with Crippen LogP contribution >= 0.6 is 0 Å². The highest BCUT2D eigenvalue weighted by Crippen LogP contribution is 2.43. The van der Waals surface area contributed by atoms with Crippen LogP contribution in [0.15, 0.2) is 84.9 Å². The molecule has 0 unspecified atom stereocenters. The minimum absolute atomic E-state index is 1.01. The van der Waals surface area contributed by atoms with Crippen LogP contribution in [0.1, 0.15) is 6.92 Å². The van der Waals surface area contributed by atoms with Gasteiger partial charge in [0.1, 0.15) is 5.82 Å². The summed E-state index contributed by atoms with van der Waals surface area (Å²) in [5.74, 6) is 1.11. The van der Waals surface area contributed by atoms with Crippen molar-refractivity contribution in [2.45, 2.75) is 6.92 Å². The maximum Gasteiger partial charge on any atom is 0.137 e. The Balaban J connectivity index is 1.79. The highest BCUT2D eigenvalue weighted by atomic mass is 15.3. The Morgan fingerprint density at radius 1 is 0.667 bits per heavy atom. The molecule has 3 nitrogen and oxygen atoms in total. The van der Waals surface area contributed by atoms with E-state index in [0.29, 0.717) is 0 Å². The maximum absolute atomic E-state index is 5.22. The van der Waals surface area contributed by atoms with Crippen molar-refractivity contribution >= 4 is 16.7 Å². The van der Waals surface area contributed by atoms with Crippen LogP contribution in [-0.4, -0.2) is 42.6 Å². The van der Waals surface area contributed by atoms with Gasteiger partial charge in [0.15, 0.2) is 0 Å². The smallest absolute Gasteiger partial charge is 0.137 e. The second-order valence-corrected chi connectivity index (χ2v) is 7.86. The van der Waals surface area contributed by atoms with Crippen LogP contribution in [0.2, 0.25) is 0 Å². The van der Waals surface area contributed by atoms with Crippen LogP contribution in [0, 0.1) is 0 Å². The van der Waals surface area contributed by atoms with Gasteiger partial charge in [-0.15, -0.1) is 0 Å². The summed E-state index contributed by atoms with van der Waals surface area (Å²) < 4.78 is 0. The molecular weight excluding hydrogens is 366 g/mol. The van der Waals surface area contributed by atoms with Gasteiger partial charge in [0.2, 0.25) is 0 Å². The van der Waals surface area contributed by atoms with Crippen LogP contribution in [0.3, 0.4) is 0 Å². The third-order valence-corrected chi connectivity index (χ3v) is 6.12. The fourth-order valence-electron chi connectivity index (χ4n) is 4.49. The summed E-state index contributed by atoms with van der Waals surface area (Å²) in [6.45, 7) is 7.53. The van der Waals surface area contributed by atoms with Crippen molar-refractivity contribution in [1.82, 2.24) is 9.88 Å². The van der Waals surface area contributed by atoms with E-state index in [9.17, 15) is 0 Å². The number of benzene rings is 3. The van der Waals surface area contributed by atoms with Gasteiger partial charge in [0.05, 0.1) is 5.52 Å². The van der Waals surface area contributed by atoms with Gasteiger partial charge in [-0.2, -0.15) is 0 Å². The van der Waals surface area contributed by atoms with Gasteiger partial charge in [-0.25, -0.2) is 4.98 Å². The lowest BCUT2D eigenvalue weighted by Gasteiger charge is -2.36. The Labute approximate surface area is 178 Å². The minimum atomic E-state index is 1.01. The Kier molecular flexibility index (Phi) is 5.20. The van der Waals surface area contributed by atoms with Crippen LogP contribution in [0.25, 0.3) is 33.2 Å². The Morgan fingerprint density at radius 3 is 1.87 bits per heavy atom. The van der Waals surface area contributed by atoms with Crippen LogP contribution < -0.4 is 4.90 Å². The number of hydrogen-bond acceptors (Lipinski definition) is 3. The fraction of sp³-hybridized carbons (Fsp3) is 0.222. The fourth-order valence-corrected chi connectivity index (χ4v) is 4.49. The van der Waals surface area contributed by atoms with Gasteiger partial charge >= 0.3 is 0 Å². The van der Waals surface area contributed by atoms with Gasteiger partial charge in [-0.3, -0.25) is 0 Å². The zero-order valence-corrected chi connectivity index (χ0v) is 17.5. The number of pyridine rings is 1. The predicted octanol–water partition coefficient (Wildman–Crippen LogP) is 5.71. The average molecular weight is 394 g/mol. The molecule has 4 aromatic rings. The molecule has 0 atom stereocenters. The Bertz CT molecular complexity index is 1130. The van der Waals surface area contributed by atoms with Crippen LogP contribution in [0.5, 0.6) is 0 Å². The molecule has 0 N–H and O–H groups in total. The van der Waals surface area contributed by atoms with E-state index in [2.05, 4.69) is 102 Å². The van der Waals surface area contributed by atoms with Gasteiger partial charge in [-0.05, 0) is 23.7 Å². The van der Waals surface area contributed by atoms with E-state index in [1.807, 2.05) is 0 Å². The molecular formula is C27H27N3. The van der Waals surface area contributed by atoms with Crippen LogP contribution in [0.4, 0.5) is 5.82 Å². The molecule has 5 rings (SSSR count). The molecule has 0 saturated carbocycles. The van der Waals surface area contributed by atoms with Crippen molar-refractivity contribution < 1.29 is 0 Å². The number of nitrogens with zero attached hydrogens (tertiary/aromatic N) is 3. The molecule has 1 saturated heterocycles. The summed E-state index contributed by atoms with van der Waals surface area (Å²) in [7, 11) is 0. The molecule has 2 heterocycles. The lowest BCUT2D eigenvalue weighted by molar-refractivity contribution is 0.270. The summed E-state index contributed by atoms with van der Waals surface area (Å²) in [6.07, 6.45) is 0. The van der Waals surface area contributed by atoms with E-state index < -0.39 is 0 Å². The van der Waals surface area contributed by atoms with E-state index in [-0.39, 0.29) is 0 Å². The highest BCUT2D eigenvalue weighted by Gasteiger charge is 2.24. The molecule has 1 fully saturated rings. The number of aromatic nitrogens is 1. The summed E-state index contributed by atoms with van der Waals surface area (Å²) >= 11 is 0. The van der Waals surface area contributed by atoms with E-state index >= 15 is 0 Å². The molecule has 0 aliphatic carbocycles. The van der Waals surface area contributed by atoms with Gasteiger partial charge < -0.3 is 9.80 Å². The van der Waals surface area contributed by atoms with E-state index in [1.165, 1.54) is 27.6 Å². The summed E-state index contributed by atoms with van der Waals surface area (Å²) in [4.78, 5) is 10.2. The first-order valence-corrected chi connectivity index (χ1v) is 10.9. The van der Waals surface area contributed by atoms with Crippen molar-refractivity contribution in [1.29, 1.82) is 0 Å². The molecule has 1 aliphatic heterocycles. The van der Waals surface area contributed by atoms with Crippen molar-refractivity contribution in [3.63, 3.8) is 0 Å². The highest BCUT2D eigenvalue weighted by molar-refractivity contribution is 6.06. The molecule has 1 aromatic heterocycles. The third kappa shape index (κ3) is 3.46. The molecule has 0 radical (unpaired) electrons. The third-order valence-electron chi connectivity index (χ3n) is 6.12. The van der Waals surface area contributed by atoms with Crippen molar-refractivity contribution in [3.8, 4) is 22.3 Å². The van der Waals surface area contributed by atoms with Crippen LogP contribution in [-0.2, 0) is 0 Å². The topological polar surface area (TPSA) is 19.4 Å². The normalized spacial score (nSPS) is 14.9. The first kappa shape index (κ1) is 18.8. The molecule has 150 valence electrons. The standard InChI is InChI=1S/C27H27N3/c1-2-29-17-19-30(20-18-29)27-26(22-13-7-4-8-14-22)25(21-11-5-3-6-12-21)23-15-9-10-16-24(23)28-27/h3-16H,2,17-20H2,1H3. The van der Waals surface area contributed by atoms with Crippen molar-refractivity contribution in [2.75, 3.05) is 37.6 Å². The van der Waals surface area contributed by atoms with Gasteiger partial charge in [0, 0.05) is 42.7 Å². The molecule has 0 bridgehead atoms. The first-order chi connectivity index (χ1) is 14.8. The largest absolute Gasteiger partial charge is 0.353 e. The molecule has 30 heavy (non-hydrogen) atoms. The quantitative estimate of drug-likeness (QED) is 0.443. The number of rotatable bonds is 4. The first-order valence-electron chi connectivity index (χ1n) is 10.9. The molecule has 3 heteroatoms. The zero-order valence-electron chi connectivity index (χ0n) is 17.5. The summed E-state index contributed by atoms with van der Waals surface area (Å²) in [5.41, 5.74) is 6.04. The number of likely N-dealkylation sites (N-methyl/N-ethyl adjacent to an activating group) is 1. The molecule has 1 aliphatic rings.